The van der Waals surface area contributed by atoms with E-state index in [9.17, 15) is 9.59 Å². The first-order chi connectivity index (χ1) is 15.5. The number of piperazine rings is 1. The van der Waals surface area contributed by atoms with Crippen LogP contribution in [0.1, 0.15) is 42.1 Å². The molecule has 0 unspecified atom stereocenters. The van der Waals surface area contributed by atoms with E-state index in [1.54, 1.807) is 10.7 Å². The molecule has 2 saturated heterocycles. The van der Waals surface area contributed by atoms with E-state index in [1.807, 2.05) is 49.0 Å². The van der Waals surface area contributed by atoms with Crippen molar-refractivity contribution in [3.8, 4) is 0 Å². The van der Waals surface area contributed by atoms with E-state index in [1.165, 1.54) is 19.3 Å². The number of carbonyl (C=O) groups is 2. The fourth-order valence-electron chi connectivity index (χ4n) is 4.66. The molecule has 2 amide bonds. The molecule has 0 radical (unpaired) electrons. The molecule has 0 saturated carbocycles. The van der Waals surface area contributed by atoms with Crippen molar-refractivity contribution in [2.45, 2.75) is 45.7 Å². The molecule has 2 aliphatic rings. The minimum absolute atomic E-state index is 0.00233. The van der Waals surface area contributed by atoms with Crippen LogP contribution in [0.15, 0.2) is 30.5 Å². The van der Waals surface area contributed by atoms with Crippen molar-refractivity contribution >= 4 is 23.3 Å². The van der Waals surface area contributed by atoms with Crippen LogP contribution in [-0.2, 0) is 11.3 Å². The Morgan fingerprint density at radius 1 is 1.09 bits per heavy atom. The maximum absolute atomic E-state index is 13.5. The molecule has 2 aliphatic heterocycles. The maximum Gasteiger partial charge on any atom is 0.254 e. The second-order valence-corrected chi connectivity index (χ2v) is 8.79. The van der Waals surface area contributed by atoms with Gasteiger partial charge in [0.2, 0.25) is 5.91 Å². The van der Waals surface area contributed by atoms with Crippen LogP contribution >= 0.6 is 0 Å². The molecule has 2 fully saturated rings. The second-order valence-electron chi connectivity index (χ2n) is 8.79. The summed E-state index contributed by atoms with van der Waals surface area (Å²) in [7, 11) is 1.93. The minimum atomic E-state index is -0.412. The Balaban J connectivity index is 1.47. The Labute approximate surface area is 190 Å². The summed E-state index contributed by atoms with van der Waals surface area (Å²) in [4.78, 5) is 32.7. The number of piperidine rings is 1. The van der Waals surface area contributed by atoms with Gasteiger partial charge in [-0.1, -0.05) is 6.07 Å². The molecular formula is C24H34N6O2. The average Bonchev–Trinajstić information content (AvgIpc) is 3.27. The standard InChI is InChI=1S/C24H34N6O2/c1-4-30-14-11-22(26-30)25-23(31)21-17-29(16-15-27(21)3)24(32)19-9-8-10-20(18(19)2)28-12-6-5-7-13-28/h8-11,14,21H,4-7,12-13,15-17H2,1-3H3,(H,25,26,31)/t21-/m0/s1. The van der Waals surface area contributed by atoms with Gasteiger partial charge in [-0.2, -0.15) is 5.10 Å². The molecule has 172 valence electrons. The number of aryl methyl sites for hydroxylation is 1. The van der Waals surface area contributed by atoms with Gasteiger partial charge in [0.15, 0.2) is 5.82 Å². The van der Waals surface area contributed by atoms with Crippen LogP contribution in [-0.4, -0.2) is 77.2 Å². The quantitative estimate of drug-likeness (QED) is 0.777. The van der Waals surface area contributed by atoms with E-state index in [4.69, 9.17) is 0 Å². The Morgan fingerprint density at radius 2 is 1.88 bits per heavy atom. The van der Waals surface area contributed by atoms with Gasteiger partial charge in [0, 0.05) is 62.8 Å². The van der Waals surface area contributed by atoms with Gasteiger partial charge in [-0.05, 0) is 57.9 Å². The van der Waals surface area contributed by atoms with E-state index in [-0.39, 0.29) is 11.8 Å². The van der Waals surface area contributed by atoms with Crippen molar-refractivity contribution in [2.75, 3.05) is 50.0 Å². The number of hydrogen-bond acceptors (Lipinski definition) is 5. The predicted octanol–water partition coefficient (Wildman–Crippen LogP) is 2.60. The first-order valence-electron chi connectivity index (χ1n) is 11.7. The third-order valence-electron chi connectivity index (χ3n) is 6.69. The first kappa shape index (κ1) is 22.3. The lowest BCUT2D eigenvalue weighted by Gasteiger charge is -2.38. The molecule has 4 rings (SSSR count). The fraction of sp³-hybridized carbons (Fsp3) is 0.542. The average molecular weight is 439 g/mol. The van der Waals surface area contributed by atoms with E-state index < -0.39 is 6.04 Å². The van der Waals surface area contributed by atoms with Crippen LogP contribution < -0.4 is 10.2 Å². The number of rotatable bonds is 5. The number of nitrogens with one attached hydrogen (secondary N) is 1. The normalized spacial score (nSPS) is 19.8. The molecule has 1 N–H and O–H groups in total. The van der Waals surface area contributed by atoms with E-state index >= 15 is 0 Å². The van der Waals surface area contributed by atoms with Gasteiger partial charge in [0.25, 0.3) is 5.91 Å². The summed E-state index contributed by atoms with van der Waals surface area (Å²) in [5, 5.41) is 7.24. The van der Waals surface area contributed by atoms with Gasteiger partial charge in [0.05, 0.1) is 0 Å². The molecule has 0 bridgehead atoms. The predicted molar refractivity (Wildman–Crippen MR) is 126 cm³/mol. The summed E-state index contributed by atoms with van der Waals surface area (Å²) in [6.45, 7) is 8.50. The third kappa shape index (κ3) is 4.65. The highest BCUT2D eigenvalue weighted by molar-refractivity contribution is 5.99. The van der Waals surface area contributed by atoms with Gasteiger partial charge >= 0.3 is 0 Å². The van der Waals surface area contributed by atoms with Crippen molar-refractivity contribution in [1.82, 2.24) is 19.6 Å². The molecule has 8 nitrogen and oxygen atoms in total. The summed E-state index contributed by atoms with van der Waals surface area (Å²) in [6.07, 6.45) is 5.51. The number of likely N-dealkylation sites (N-methyl/N-ethyl adjacent to an activating group) is 1. The number of anilines is 2. The molecular weight excluding hydrogens is 404 g/mol. The lowest BCUT2D eigenvalue weighted by molar-refractivity contribution is -0.122. The molecule has 8 heteroatoms. The first-order valence-corrected chi connectivity index (χ1v) is 11.7. The lowest BCUT2D eigenvalue weighted by Crippen LogP contribution is -2.57. The zero-order valence-corrected chi connectivity index (χ0v) is 19.4. The van der Waals surface area contributed by atoms with Crippen LogP contribution in [0.3, 0.4) is 0 Å². The monoisotopic (exact) mass is 438 g/mol. The van der Waals surface area contributed by atoms with E-state index in [0.29, 0.717) is 25.5 Å². The molecule has 2 aromatic rings. The van der Waals surface area contributed by atoms with Gasteiger partial charge in [-0.25, -0.2) is 0 Å². The van der Waals surface area contributed by atoms with Crippen molar-refractivity contribution < 1.29 is 9.59 Å². The number of hydrogen-bond donors (Lipinski definition) is 1. The lowest BCUT2D eigenvalue weighted by atomic mass is 10.0. The van der Waals surface area contributed by atoms with Crippen molar-refractivity contribution in [2.24, 2.45) is 0 Å². The highest BCUT2D eigenvalue weighted by Gasteiger charge is 2.33. The smallest absolute Gasteiger partial charge is 0.254 e. The summed E-state index contributed by atoms with van der Waals surface area (Å²) in [5.41, 5.74) is 2.92. The third-order valence-corrected chi connectivity index (χ3v) is 6.69. The van der Waals surface area contributed by atoms with Crippen molar-refractivity contribution in [3.63, 3.8) is 0 Å². The van der Waals surface area contributed by atoms with Gasteiger partial charge in [0.1, 0.15) is 6.04 Å². The van der Waals surface area contributed by atoms with Crippen LogP contribution in [0.2, 0.25) is 0 Å². The molecule has 1 aromatic carbocycles. The Bertz CT molecular complexity index is 965. The van der Waals surface area contributed by atoms with Gasteiger partial charge in [-0.3, -0.25) is 19.2 Å². The van der Waals surface area contributed by atoms with Gasteiger partial charge < -0.3 is 15.1 Å². The summed E-state index contributed by atoms with van der Waals surface area (Å²) in [5.74, 6) is 0.409. The Hall–Kier alpha value is -2.87. The summed E-state index contributed by atoms with van der Waals surface area (Å²) in [6, 6.07) is 7.39. The van der Waals surface area contributed by atoms with Crippen molar-refractivity contribution in [1.29, 1.82) is 0 Å². The zero-order chi connectivity index (χ0) is 22.7. The van der Waals surface area contributed by atoms with Crippen LogP contribution in [0.25, 0.3) is 0 Å². The summed E-state index contributed by atoms with van der Waals surface area (Å²) < 4.78 is 1.77. The molecule has 0 aliphatic carbocycles. The number of carbonyl (C=O) groups excluding carboxylic acids is 2. The van der Waals surface area contributed by atoms with Crippen LogP contribution in [0, 0.1) is 6.92 Å². The second kappa shape index (κ2) is 9.73. The largest absolute Gasteiger partial charge is 0.371 e. The number of nitrogens with zero attached hydrogens (tertiary/aromatic N) is 5. The number of benzene rings is 1. The molecule has 1 atom stereocenters. The number of aromatic nitrogens is 2. The van der Waals surface area contributed by atoms with Crippen LogP contribution in [0.5, 0.6) is 0 Å². The van der Waals surface area contributed by atoms with E-state index in [2.05, 4.69) is 21.4 Å². The molecule has 0 spiro atoms. The zero-order valence-electron chi connectivity index (χ0n) is 19.4. The topological polar surface area (TPSA) is 73.7 Å². The van der Waals surface area contributed by atoms with Crippen LogP contribution in [0.4, 0.5) is 11.5 Å². The fourth-order valence-corrected chi connectivity index (χ4v) is 4.66. The van der Waals surface area contributed by atoms with Gasteiger partial charge in [-0.15, -0.1) is 0 Å². The highest BCUT2D eigenvalue weighted by atomic mass is 16.2. The Kier molecular flexibility index (Phi) is 6.79. The molecule has 1 aromatic heterocycles. The van der Waals surface area contributed by atoms with Crippen molar-refractivity contribution in [3.05, 3.63) is 41.6 Å². The highest BCUT2D eigenvalue weighted by Crippen LogP contribution is 2.27. The summed E-state index contributed by atoms with van der Waals surface area (Å²) >= 11 is 0. The maximum atomic E-state index is 13.5. The minimum Gasteiger partial charge on any atom is -0.371 e. The number of amides is 2. The SMILES string of the molecule is CCn1ccc(NC(=O)[C@@H]2CN(C(=O)c3cccc(N4CCCCC4)c3C)CCN2C)n1. The molecule has 32 heavy (non-hydrogen) atoms. The Morgan fingerprint density at radius 3 is 2.59 bits per heavy atom. The molecule has 3 heterocycles. The van der Waals surface area contributed by atoms with E-state index in [0.717, 1.165) is 36.4 Å².